The Morgan fingerprint density at radius 2 is 1.97 bits per heavy atom. The molecular formula is C22H26N4O2S. The van der Waals surface area contributed by atoms with Crippen molar-refractivity contribution in [1.82, 2.24) is 14.8 Å². The Morgan fingerprint density at radius 3 is 2.59 bits per heavy atom. The zero-order valence-corrected chi connectivity index (χ0v) is 17.8. The van der Waals surface area contributed by atoms with E-state index in [9.17, 15) is 4.79 Å². The maximum Gasteiger partial charge on any atom is 0.234 e. The number of furan rings is 1. The lowest BCUT2D eigenvalue weighted by Crippen LogP contribution is -2.15. The minimum atomic E-state index is -0.0565. The number of nitrogens with zero attached hydrogens (tertiary/aromatic N) is 3. The smallest absolute Gasteiger partial charge is 0.234 e. The number of amides is 1. The first kappa shape index (κ1) is 19.8. The molecule has 0 saturated heterocycles. The van der Waals surface area contributed by atoms with Crippen molar-refractivity contribution in [2.24, 2.45) is 0 Å². The van der Waals surface area contributed by atoms with Gasteiger partial charge in [-0.15, -0.1) is 10.2 Å². The summed E-state index contributed by atoms with van der Waals surface area (Å²) in [5.74, 6) is 2.54. The number of thioether (sulfide) groups is 1. The SMILES string of the molecule is CC(C)(C)c1ccc(NC(=O)CSc2nnc(C3CC3)n2Cc2ccco2)cc1. The van der Waals surface area contributed by atoms with Crippen molar-refractivity contribution in [3.8, 4) is 0 Å². The molecule has 1 amide bonds. The summed E-state index contributed by atoms with van der Waals surface area (Å²) < 4.78 is 7.57. The first-order valence-corrected chi connectivity index (χ1v) is 10.9. The highest BCUT2D eigenvalue weighted by Crippen LogP contribution is 2.40. The van der Waals surface area contributed by atoms with E-state index in [1.54, 1.807) is 6.26 Å². The topological polar surface area (TPSA) is 73.0 Å². The summed E-state index contributed by atoms with van der Waals surface area (Å²) in [6.07, 6.45) is 3.96. The second-order valence-corrected chi connectivity index (χ2v) is 9.39. The van der Waals surface area contributed by atoms with Crippen molar-refractivity contribution in [3.63, 3.8) is 0 Å². The lowest BCUT2D eigenvalue weighted by molar-refractivity contribution is -0.113. The van der Waals surface area contributed by atoms with Gasteiger partial charge in [-0.3, -0.25) is 9.36 Å². The molecule has 0 atom stereocenters. The second-order valence-electron chi connectivity index (χ2n) is 8.44. The summed E-state index contributed by atoms with van der Waals surface area (Å²) >= 11 is 1.41. The van der Waals surface area contributed by atoms with Gasteiger partial charge in [0.15, 0.2) is 5.16 Å². The van der Waals surface area contributed by atoms with Crippen LogP contribution in [0.2, 0.25) is 0 Å². The minimum absolute atomic E-state index is 0.0565. The van der Waals surface area contributed by atoms with Crippen LogP contribution in [0.15, 0.2) is 52.2 Å². The van der Waals surface area contributed by atoms with Crippen molar-refractivity contribution in [3.05, 3.63) is 59.8 Å². The number of nitrogens with one attached hydrogen (secondary N) is 1. The van der Waals surface area contributed by atoms with E-state index in [4.69, 9.17) is 4.42 Å². The molecule has 4 rings (SSSR count). The Balaban J connectivity index is 1.39. The Labute approximate surface area is 175 Å². The fraction of sp³-hybridized carbons (Fsp3) is 0.409. The van der Waals surface area contributed by atoms with Crippen LogP contribution in [0, 0.1) is 0 Å². The summed E-state index contributed by atoms with van der Waals surface area (Å²) in [7, 11) is 0. The number of carbonyl (C=O) groups excluding carboxylic acids is 1. The predicted octanol–water partition coefficient (Wildman–Crippen LogP) is 4.83. The largest absolute Gasteiger partial charge is 0.467 e. The third kappa shape index (κ3) is 4.90. The molecule has 1 N–H and O–H groups in total. The van der Waals surface area contributed by atoms with Gasteiger partial charge in [-0.05, 0) is 48.1 Å². The van der Waals surface area contributed by atoms with Gasteiger partial charge in [-0.25, -0.2) is 0 Å². The number of anilines is 1. The van der Waals surface area contributed by atoms with Crippen LogP contribution in [0.25, 0.3) is 0 Å². The van der Waals surface area contributed by atoms with Crippen LogP contribution >= 0.6 is 11.8 Å². The van der Waals surface area contributed by atoms with Crippen LogP contribution in [0.4, 0.5) is 5.69 Å². The van der Waals surface area contributed by atoms with Crippen LogP contribution in [0.5, 0.6) is 0 Å². The maximum absolute atomic E-state index is 12.4. The predicted molar refractivity (Wildman–Crippen MR) is 114 cm³/mol. The van der Waals surface area contributed by atoms with Gasteiger partial charge in [0.2, 0.25) is 5.91 Å². The third-order valence-corrected chi connectivity index (χ3v) is 5.92. The van der Waals surface area contributed by atoms with E-state index in [-0.39, 0.29) is 17.1 Å². The van der Waals surface area contributed by atoms with Crippen LogP contribution in [0.3, 0.4) is 0 Å². The lowest BCUT2D eigenvalue weighted by Gasteiger charge is -2.19. The summed E-state index contributed by atoms with van der Waals surface area (Å²) in [4.78, 5) is 12.4. The molecule has 0 unspecified atom stereocenters. The fourth-order valence-corrected chi connectivity index (χ4v) is 3.88. The molecule has 1 saturated carbocycles. The number of rotatable bonds is 7. The molecule has 1 aliphatic carbocycles. The van der Waals surface area contributed by atoms with E-state index in [1.165, 1.54) is 17.3 Å². The summed E-state index contributed by atoms with van der Waals surface area (Å²) in [5.41, 5.74) is 2.14. The number of carbonyl (C=O) groups is 1. The first-order valence-electron chi connectivity index (χ1n) is 9.89. The van der Waals surface area contributed by atoms with E-state index < -0.39 is 0 Å². The van der Waals surface area contributed by atoms with E-state index in [1.807, 2.05) is 24.3 Å². The maximum atomic E-state index is 12.4. The fourth-order valence-electron chi connectivity index (χ4n) is 3.14. The Morgan fingerprint density at radius 1 is 1.21 bits per heavy atom. The monoisotopic (exact) mass is 410 g/mol. The quantitative estimate of drug-likeness (QED) is 0.565. The average molecular weight is 411 g/mol. The molecule has 29 heavy (non-hydrogen) atoms. The van der Waals surface area contributed by atoms with Crippen LogP contribution in [-0.2, 0) is 16.8 Å². The van der Waals surface area contributed by atoms with Crippen LogP contribution in [0.1, 0.15) is 56.7 Å². The Bertz CT molecular complexity index is 967. The molecule has 0 aliphatic heterocycles. The highest BCUT2D eigenvalue weighted by Gasteiger charge is 2.30. The van der Waals surface area contributed by atoms with Crippen molar-refractivity contribution >= 4 is 23.4 Å². The number of aromatic nitrogens is 3. The molecule has 3 aromatic rings. The summed E-state index contributed by atoms with van der Waals surface area (Å²) in [5, 5.41) is 12.4. The molecule has 7 heteroatoms. The van der Waals surface area contributed by atoms with E-state index in [0.717, 1.165) is 35.3 Å². The van der Waals surface area contributed by atoms with Crippen molar-refractivity contribution in [1.29, 1.82) is 0 Å². The molecule has 0 bridgehead atoms. The van der Waals surface area contributed by atoms with Crippen molar-refractivity contribution < 1.29 is 9.21 Å². The normalized spacial score (nSPS) is 14.2. The summed E-state index contributed by atoms with van der Waals surface area (Å²) in [6, 6.07) is 11.8. The molecule has 1 aliphatic rings. The van der Waals surface area contributed by atoms with Crippen molar-refractivity contribution in [2.45, 2.75) is 56.6 Å². The standard InChI is InChI=1S/C22H26N4O2S/c1-22(2,3)16-8-10-17(11-9-16)23-19(27)14-29-21-25-24-20(15-6-7-15)26(21)13-18-5-4-12-28-18/h4-5,8-12,15H,6-7,13-14H2,1-3H3,(H,23,27). The average Bonchev–Trinajstić information content (AvgIpc) is 3.24. The number of hydrogen-bond acceptors (Lipinski definition) is 5. The van der Waals surface area contributed by atoms with Gasteiger partial charge in [0, 0.05) is 11.6 Å². The van der Waals surface area contributed by atoms with Crippen molar-refractivity contribution in [2.75, 3.05) is 11.1 Å². The molecule has 6 nitrogen and oxygen atoms in total. The Kier molecular flexibility index (Phi) is 5.50. The van der Waals surface area contributed by atoms with E-state index in [0.29, 0.717) is 12.5 Å². The second kappa shape index (κ2) is 8.06. The van der Waals surface area contributed by atoms with Gasteiger partial charge in [0.25, 0.3) is 0 Å². The minimum Gasteiger partial charge on any atom is -0.467 e. The highest BCUT2D eigenvalue weighted by molar-refractivity contribution is 7.99. The summed E-state index contributed by atoms with van der Waals surface area (Å²) in [6.45, 7) is 7.11. The molecule has 152 valence electrons. The van der Waals surface area contributed by atoms with Crippen LogP contribution < -0.4 is 5.32 Å². The van der Waals surface area contributed by atoms with Crippen LogP contribution in [-0.4, -0.2) is 26.4 Å². The zero-order chi connectivity index (χ0) is 20.4. The molecule has 0 radical (unpaired) electrons. The number of benzene rings is 1. The van der Waals surface area contributed by atoms with Gasteiger partial charge in [-0.1, -0.05) is 44.7 Å². The van der Waals surface area contributed by atoms with Gasteiger partial charge in [0.1, 0.15) is 11.6 Å². The highest BCUT2D eigenvalue weighted by atomic mass is 32.2. The number of hydrogen-bond donors (Lipinski definition) is 1. The molecule has 1 fully saturated rings. The first-order chi connectivity index (χ1) is 13.9. The van der Waals surface area contributed by atoms with Gasteiger partial charge in [0.05, 0.1) is 18.6 Å². The molecular weight excluding hydrogens is 384 g/mol. The molecule has 1 aromatic carbocycles. The zero-order valence-electron chi connectivity index (χ0n) is 17.0. The van der Waals surface area contributed by atoms with Gasteiger partial charge >= 0.3 is 0 Å². The van der Waals surface area contributed by atoms with E-state index in [2.05, 4.69) is 53.0 Å². The van der Waals surface area contributed by atoms with Gasteiger partial charge < -0.3 is 9.73 Å². The van der Waals surface area contributed by atoms with Gasteiger partial charge in [-0.2, -0.15) is 0 Å². The molecule has 2 aromatic heterocycles. The Hall–Kier alpha value is -2.54. The molecule has 0 spiro atoms. The lowest BCUT2D eigenvalue weighted by atomic mass is 9.87. The third-order valence-electron chi connectivity index (χ3n) is 4.95. The molecule has 2 heterocycles. The van der Waals surface area contributed by atoms with E-state index >= 15 is 0 Å².